The van der Waals surface area contributed by atoms with Crippen LogP contribution in [-0.4, -0.2) is 70.5 Å². The van der Waals surface area contributed by atoms with E-state index in [2.05, 4.69) is 27.6 Å². The molecule has 0 spiro atoms. The maximum atomic E-state index is 12.9. The standard InChI is InChI=1S/C19H33FN4O2/c1-5-21-19(22-11-6-12-24(3)13-14-25-4)23-15-16(2)26-18-9-7-17(20)8-10-18/h7-10,16H,5-6,11-15H2,1-4H3,(H2,21,22,23). The van der Waals surface area contributed by atoms with Crippen molar-refractivity contribution < 1.29 is 13.9 Å². The number of rotatable bonds is 12. The maximum Gasteiger partial charge on any atom is 0.191 e. The highest BCUT2D eigenvalue weighted by atomic mass is 19.1. The van der Waals surface area contributed by atoms with Gasteiger partial charge in [0.1, 0.15) is 17.7 Å². The van der Waals surface area contributed by atoms with E-state index in [9.17, 15) is 4.39 Å². The van der Waals surface area contributed by atoms with Crippen molar-refractivity contribution in [2.75, 3.05) is 53.5 Å². The molecule has 6 nitrogen and oxygen atoms in total. The van der Waals surface area contributed by atoms with Crippen LogP contribution in [0.25, 0.3) is 0 Å². The molecule has 0 aliphatic heterocycles. The molecule has 1 unspecified atom stereocenters. The summed E-state index contributed by atoms with van der Waals surface area (Å²) >= 11 is 0. The molecule has 0 saturated carbocycles. The summed E-state index contributed by atoms with van der Waals surface area (Å²) in [6.07, 6.45) is 0.919. The summed E-state index contributed by atoms with van der Waals surface area (Å²) in [7, 11) is 3.81. The SMILES string of the molecule is CCNC(=NCC(C)Oc1ccc(F)cc1)NCCCN(C)CCOC. The molecule has 1 aromatic carbocycles. The molecule has 1 aromatic rings. The molecular formula is C19H33FN4O2. The van der Waals surface area contributed by atoms with E-state index in [0.29, 0.717) is 12.3 Å². The quantitative estimate of drug-likeness (QED) is 0.336. The van der Waals surface area contributed by atoms with E-state index < -0.39 is 0 Å². The molecule has 0 aromatic heterocycles. The van der Waals surface area contributed by atoms with Crippen molar-refractivity contribution in [2.45, 2.75) is 26.4 Å². The van der Waals surface area contributed by atoms with Crippen LogP contribution < -0.4 is 15.4 Å². The molecule has 0 saturated heterocycles. The molecule has 26 heavy (non-hydrogen) atoms. The first-order valence-electron chi connectivity index (χ1n) is 9.17. The lowest BCUT2D eigenvalue weighted by Crippen LogP contribution is -2.39. The van der Waals surface area contributed by atoms with Gasteiger partial charge in [0.15, 0.2) is 5.96 Å². The van der Waals surface area contributed by atoms with Crippen molar-refractivity contribution in [3.63, 3.8) is 0 Å². The molecule has 1 atom stereocenters. The number of hydrogen-bond acceptors (Lipinski definition) is 4. The summed E-state index contributed by atoms with van der Waals surface area (Å²) in [6, 6.07) is 6.03. The number of methoxy groups -OCH3 is 1. The Hall–Kier alpha value is -1.86. The Morgan fingerprint density at radius 2 is 1.96 bits per heavy atom. The smallest absolute Gasteiger partial charge is 0.191 e. The van der Waals surface area contributed by atoms with Gasteiger partial charge < -0.3 is 25.0 Å². The third-order valence-electron chi connectivity index (χ3n) is 3.69. The molecule has 0 amide bonds. The maximum absolute atomic E-state index is 12.9. The largest absolute Gasteiger partial charge is 0.489 e. The van der Waals surface area contributed by atoms with Crippen LogP contribution in [0.5, 0.6) is 5.75 Å². The Balaban J connectivity index is 2.33. The predicted molar refractivity (Wildman–Crippen MR) is 104 cm³/mol. The molecule has 0 heterocycles. The molecule has 7 heteroatoms. The van der Waals surface area contributed by atoms with Crippen LogP contribution in [0.15, 0.2) is 29.3 Å². The van der Waals surface area contributed by atoms with Crippen LogP contribution in [0.4, 0.5) is 4.39 Å². The van der Waals surface area contributed by atoms with Gasteiger partial charge in [-0.25, -0.2) is 9.38 Å². The number of nitrogens with zero attached hydrogens (tertiary/aromatic N) is 2. The highest BCUT2D eigenvalue weighted by molar-refractivity contribution is 5.79. The van der Waals surface area contributed by atoms with Gasteiger partial charge in [-0.3, -0.25) is 0 Å². The number of aliphatic imine (C=N–C) groups is 1. The first-order chi connectivity index (χ1) is 12.5. The highest BCUT2D eigenvalue weighted by Crippen LogP contribution is 2.12. The Morgan fingerprint density at radius 1 is 1.23 bits per heavy atom. The molecule has 0 aliphatic rings. The van der Waals surface area contributed by atoms with E-state index in [1.807, 2.05) is 13.8 Å². The summed E-state index contributed by atoms with van der Waals surface area (Å²) in [4.78, 5) is 6.80. The minimum atomic E-state index is -0.269. The van der Waals surface area contributed by atoms with Crippen molar-refractivity contribution in [1.29, 1.82) is 0 Å². The first-order valence-corrected chi connectivity index (χ1v) is 9.17. The van der Waals surface area contributed by atoms with Gasteiger partial charge in [-0.2, -0.15) is 0 Å². The van der Waals surface area contributed by atoms with E-state index in [-0.39, 0.29) is 11.9 Å². The van der Waals surface area contributed by atoms with E-state index in [1.54, 1.807) is 19.2 Å². The molecule has 0 aliphatic carbocycles. The fourth-order valence-electron chi connectivity index (χ4n) is 2.26. The van der Waals surface area contributed by atoms with Gasteiger partial charge in [-0.1, -0.05) is 0 Å². The number of likely N-dealkylation sites (N-methyl/N-ethyl adjacent to an activating group) is 1. The fraction of sp³-hybridized carbons (Fsp3) is 0.632. The van der Waals surface area contributed by atoms with Crippen molar-refractivity contribution in [2.24, 2.45) is 4.99 Å². The Bertz CT molecular complexity index is 511. The van der Waals surface area contributed by atoms with Crippen LogP contribution in [0.1, 0.15) is 20.3 Å². The number of ether oxygens (including phenoxy) is 2. The third kappa shape index (κ3) is 10.2. The summed E-state index contributed by atoms with van der Waals surface area (Å²) in [5.74, 6) is 1.15. The summed E-state index contributed by atoms with van der Waals surface area (Å²) < 4.78 is 23.7. The second-order valence-electron chi connectivity index (χ2n) is 6.18. The molecule has 0 fully saturated rings. The Morgan fingerprint density at radius 3 is 2.62 bits per heavy atom. The highest BCUT2D eigenvalue weighted by Gasteiger charge is 2.05. The summed E-state index contributed by atoms with van der Waals surface area (Å²) in [5.41, 5.74) is 0. The second-order valence-corrected chi connectivity index (χ2v) is 6.18. The van der Waals surface area contributed by atoms with Gasteiger partial charge in [0.2, 0.25) is 0 Å². The van der Waals surface area contributed by atoms with Crippen molar-refractivity contribution >= 4 is 5.96 Å². The van der Waals surface area contributed by atoms with Gasteiger partial charge in [0.05, 0.1) is 13.2 Å². The second kappa shape index (κ2) is 13.4. The van der Waals surface area contributed by atoms with Crippen LogP contribution >= 0.6 is 0 Å². The lowest BCUT2D eigenvalue weighted by molar-refractivity contribution is 0.161. The Labute approximate surface area is 156 Å². The third-order valence-corrected chi connectivity index (χ3v) is 3.69. The number of hydrogen-bond donors (Lipinski definition) is 2. The molecule has 0 bridgehead atoms. The van der Waals surface area contributed by atoms with Gasteiger partial charge in [0, 0.05) is 26.7 Å². The monoisotopic (exact) mass is 368 g/mol. The van der Waals surface area contributed by atoms with Crippen molar-refractivity contribution in [3.8, 4) is 5.75 Å². The zero-order valence-electron chi connectivity index (χ0n) is 16.4. The number of benzene rings is 1. The van der Waals surface area contributed by atoms with Crippen LogP contribution in [0, 0.1) is 5.82 Å². The molecule has 148 valence electrons. The number of halogens is 1. The van der Waals surface area contributed by atoms with Gasteiger partial charge in [0.25, 0.3) is 0 Å². The van der Waals surface area contributed by atoms with Crippen LogP contribution in [-0.2, 0) is 4.74 Å². The average molecular weight is 368 g/mol. The average Bonchev–Trinajstić information content (AvgIpc) is 2.63. The topological polar surface area (TPSA) is 58.1 Å². The summed E-state index contributed by atoms with van der Waals surface area (Å²) in [5, 5.41) is 6.57. The Kier molecular flexibility index (Phi) is 11.4. The van der Waals surface area contributed by atoms with Crippen LogP contribution in [0.3, 0.4) is 0 Å². The zero-order chi connectivity index (χ0) is 19.2. The first kappa shape index (κ1) is 22.2. The van der Waals surface area contributed by atoms with Crippen LogP contribution in [0.2, 0.25) is 0 Å². The van der Waals surface area contributed by atoms with E-state index in [1.165, 1.54) is 12.1 Å². The van der Waals surface area contributed by atoms with Gasteiger partial charge in [-0.15, -0.1) is 0 Å². The van der Waals surface area contributed by atoms with Crippen molar-refractivity contribution in [1.82, 2.24) is 15.5 Å². The minimum absolute atomic E-state index is 0.101. The minimum Gasteiger partial charge on any atom is -0.489 e. The molecule has 2 N–H and O–H groups in total. The normalized spacial score (nSPS) is 12.9. The molecular weight excluding hydrogens is 335 g/mol. The summed E-state index contributed by atoms with van der Waals surface area (Å²) in [6.45, 7) is 8.82. The van der Waals surface area contributed by atoms with Crippen molar-refractivity contribution in [3.05, 3.63) is 30.1 Å². The lowest BCUT2D eigenvalue weighted by Gasteiger charge is -2.17. The van der Waals surface area contributed by atoms with Gasteiger partial charge >= 0.3 is 0 Å². The van der Waals surface area contributed by atoms with E-state index in [0.717, 1.165) is 45.2 Å². The lowest BCUT2D eigenvalue weighted by atomic mass is 10.3. The predicted octanol–water partition coefficient (Wildman–Crippen LogP) is 2.12. The number of guanidine groups is 1. The van der Waals surface area contributed by atoms with E-state index in [4.69, 9.17) is 9.47 Å². The molecule has 1 rings (SSSR count). The van der Waals surface area contributed by atoms with E-state index >= 15 is 0 Å². The zero-order valence-corrected chi connectivity index (χ0v) is 16.4. The fourth-order valence-corrected chi connectivity index (χ4v) is 2.26. The molecule has 0 radical (unpaired) electrons. The number of nitrogens with one attached hydrogen (secondary N) is 2. The van der Waals surface area contributed by atoms with Gasteiger partial charge in [-0.05, 0) is 58.1 Å².